The molecule has 1 N–H and O–H groups in total. The van der Waals surface area contributed by atoms with Gasteiger partial charge in [-0.2, -0.15) is 0 Å². The van der Waals surface area contributed by atoms with Crippen LogP contribution in [0.5, 0.6) is 0 Å². The number of halogens is 1. The van der Waals surface area contributed by atoms with E-state index < -0.39 is 5.60 Å². The third-order valence-corrected chi connectivity index (χ3v) is 2.87. The van der Waals surface area contributed by atoms with Crippen LogP contribution < -0.4 is 0 Å². The predicted octanol–water partition coefficient (Wildman–Crippen LogP) is 3.89. The number of hydrogen-bond donors (Lipinski definition) is 1. The topological polar surface area (TPSA) is 42.1 Å². The van der Waals surface area contributed by atoms with Crippen LogP contribution in [0.3, 0.4) is 0 Å². The van der Waals surface area contributed by atoms with Crippen molar-refractivity contribution in [2.75, 3.05) is 0 Å². The molecule has 0 aliphatic carbocycles. The van der Waals surface area contributed by atoms with E-state index in [4.69, 9.17) is 4.74 Å². The van der Waals surface area contributed by atoms with E-state index in [1.165, 1.54) is 0 Å². The summed E-state index contributed by atoms with van der Waals surface area (Å²) in [6.07, 6.45) is 1.84. The van der Waals surface area contributed by atoms with E-state index in [-0.39, 0.29) is 5.97 Å². The predicted molar refractivity (Wildman–Crippen MR) is 71.2 cm³/mol. The second-order valence-electron chi connectivity index (χ2n) is 4.90. The summed E-state index contributed by atoms with van der Waals surface area (Å²) in [6.45, 7) is 5.57. The molecule has 0 saturated heterocycles. The van der Waals surface area contributed by atoms with Crippen LogP contribution in [0, 0.1) is 0 Å². The smallest absolute Gasteiger partial charge is 0.338 e. The first-order chi connectivity index (χ1) is 7.87. The molecule has 0 atom stereocenters. The summed E-state index contributed by atoms with van der Waals surface area (Å²) in [4.78, 5) is 15.0. The normalized spacial score (nSPS) is 11.8. The maximum absolute atomic E-state index is 11.9. The van der Waals surface area contributed by atoms with Gasteiger partial charge in [-0.1, -0.05) is 0 Å². The van der Waals surface area contributed by atoms with Gasteiger partial charge in [0.2, 0.25) is 0 Å². The number of rotatable bonds is 1. The van der Waals surface area contributed by atoms with Gasteiger partial charge in [0, 0.05) is 16.1 Å². The fourth-order valence-corrected chi connectivity index (χ4v) is 2.17. The van der Waals surface area contributed by atoms with E-state index in [0.29, 0.717) is 5.56 Å². The van der Waals surface area contributed by atoms with Crippen molar-refractivity contribution in [2.45, 2.75) is 26.4 Å². The van der Waals surface area contributed by atoms with Crippen LogP contribution in [0.15, 0.2) is 28.9 Å². The van der Waals surface area contributed by atoms with Gasteiger partial charge in [-0.25, -0.2) is 4.79 Å². The first kappa shape index (κ1) is 12.2. The molecule has 90 valence electrons. The molecule has 0 aliphatic heterocycles. The summed E-state index contributed by atoms with van der Waals surface area (Å²) in [5, 5.41) is 0.986. The van der Waals surface area contributed by atoms with Crippen molar-refractivity contribution < 1.29 is 9.53 Å². The number of nitrogens with one attached hydrogen (secondary N) is 1. The van der Waals surface area contributed by atoms with Crippen molar-refractivity contribution in [1.82, 2.24) is 4.98 Å². The second-order valence-corrected chi connectivity index (χ2v) is 5.76. The Labute approximate surface area is 108 Å². The molecule has 2 aromatic rings. The van der Waals surface area contributed by atoms with Crippen molar-refractivity contribution in [3.63, 3.8) is 0 Å². The SMILES string of the molecule is CC(C)(C)OC(=O)c1cc(Br)c2[nH]ccc2c1. The molecule has 0 saturated carbocycles. The average Bonchev–Trinajstić information content (AvgIpc) is 2.63. The van der Waals surface area contributed by atoms with Gasteiger partial charge in [0.25, 0.3) is 0 Å². The lowest BCUT2D eigenvalue weighted by Crippen LogP contribution is -2.23. The zero-order chi connectivity index (χ0) is 12.6. The summed E-state index contributed by atoms with van der Waals surface area (Å²) in [6, 6.07) is 5.52. The van der Waals surface area contributed by atoms with Crippen LogP contribution in [0.25, 0.3) is 10.9 Å². The average molecular weight is 296 g/mol. The number of hydrogen-bond acceptors (Lipinski definition) is 2. The number of aromatic amines is 1. The summed E-state index contributed by atoms with van der Waals surface area (Å²) >= 11 is 3.44. The van der Waals surface area contributed by atoms with Crippen molar-refractivity contribution in [3.05, 3.63) is 34.4 Å². The Hall–Kier alpha value is -1.29. The fourth-order valence-electron chi connectivity index (χ4n) is 1.58. The number of esters is 1. The van der Waals surface area contributed by atoms with Crippen LogP contribution in [-0.2, 0) is 4.74 Å². The highest BCUT2D eigenvalue weighted by Crippen LogP contribution is 2.25. The minimum Gasteiger partial charge on any atom is -0.456 e. The zero-order valence-electron chi connectivity index (χ0n) is 10.0. The highest BCUT2D eigenvalue weighted by Gasteiger charge is 2.18. The van der Waals surface area contributed by atoms with Crippen LogP contribution in [0.4, 0.5) is 0 Å². The molecule has 1 heterocycles. The van der Waals surface area contributed by atoms with Crippen LogP contribution in [-0.4, -0.2) is 16.6 Å². The number of benzene rings is 1. The number of fused-ring (bicyclic) bond motifs is 1. The van der Waals surface area contributed by atoms with E-state index >= 15 is 0 Å². The van der Waals surface area contributed by atoms with Crippen LogP contribution in [0.1, 0.15) is 31.1 Å². The number of carbonyl (C=O) groups is 1. The van der Waals surface area contributed by atoms with Gasteiger partial charge in [-0.3, -0.25) is 0 Å². The van der Waals surface area contributed by atoms with E-state index in [9.17, 15) is 4.79 Å². The quantitative estimate of drug-likeness (QED) is 0.811. The lowest BCUT2D eigenvalue weighted by molar-refractivity contribution is 0.00696. The Morgan fingerprint density at radius 3 is 2.71 bits per heavy atom. The number of H-pyrrole nitrogens is 1. The molecule has 0 radical (unpaired) electrons. The zero-order valence-corrected chi connectivity index (χ0v) is 11.6. The number of ether oxygens (including phenoxy) is 1. The minimum absolute atomic E-state index is 0.304. The summed E-state index contributed by atoms with van der Waals surface area (Å²) in [5.74, 6) is -0.304. The van der Waals surface area contributed by atoms with Crippen molar-refractivity contribution in [3.8, 4) is 0 Å². The summed E-state index contributed by atoms with van der Waals surface area (Å²) < 4.78 is 6.20. The van der Waals surface area contributed by atoms with Crippen LogP contribution >= 0.6 is 15.9 Å². The van der Waals surface area contributed by atoms with Gasteiger partial charge in [0.05, 0.1) is 11.1 Å². The molecule has 0 unspecified atom stereocenters. The maximum atomic E-state index is 11.9. The van der Waals surface area contributed by atoms with E-state index in [1.807, 2.05) is 39.1 Å². The molecular weight excluding hydrogens is 282 g/mol. The molecule has 0 amide bonds. The largest absolute Gasteiger partial charge is 0.456 e. The highest BCUT2D eigenvalue weighted by molar-refractivity contribution is 9.10. The molecule has 17 heavy (non-hydrogen) atoms. The van der Waals surface area contributed by atoms with E-state index in [1.54, 1.807) is 6.07 Å². The molecular formula is C13H14BrNO2. The molecule has 1 aromatic carbocycles. The van der Waals surface area contributed by atoms with E-state index in [2.05, 4.69) is 20.9 Å². The maximum Gasteiger partial charge on any atom is 0.338 e. The third kappa shape index (κ3) is 2.69. The Morgan fingerprint density at radius 2 is 2.06 bits per heavy atom. The lowest BCUT2D eigenvalue weighted by Gasteiger charge is -2.19. The van der Waals surface area contributed by atoms with Gasteiger partial charge >= 0.3 is 5.97 Å². The minimum atomic E-state index is -0.476. The molecule has 4 heteroatoms. The summed E-state index contributed by atoms with van der Waals surface area (Å²) in [7, 11) is 0. The number of aromatic nitrogens is 1. The monoisotopic (exact) mass is 295 g/mol. The van der Waals surface area contributed by atoms with Crippen molar-refractivity contribution in [1.29, 1.82) is 0 Å². The lowest BCUT2D eigenvalue weighted by atomic mass is 10.1. The fraction of sp³-hybridized carbons (Fsp3) is 0.308. The van der Waals surface area contributed by atoms with Crippen molar-refractivity contribution in [2.24, 2.45) is 0 Å². The second kappa shape index (κ2) is 4.18. The van der Waals surface area contributed by atoms with Gasteiger partial charge < -0.3 is 9.72 Å². The standard InChI is InChI=1S/C13H14BrNO2/c1-13(2,3)17-12(16)9-6-8-4-5-15-11(8)10(14)7-9/h4-7,15H,1-3H3. The third-order valence-electron chi connectivity index (χ3n) is 2.25. The molecule has 3 nitrogen and oxygen atoms in total. The van der Waals surface area contributed by atoms with E-state index in [0.717, 1.165) is 15.4 Å². The number of carbonyl (C=O) groups excluding carboxylic acids is 1. The first-order valence-corrected chi connectivity index (χ1v) is 6.16. The molecule has 0 bridgehead atoms. The van der Waals surface area contributed by atoms with Crippen molar-refractivity contribution >= 4 is 32.8 Å². The van der Waals surface area contributed by atoms with Crippen LogP contribution in [0.2, 0.25) is 0 Å². The summed E-state index contributed by atoms with van der Waals surface area (Å²) in [5.41, 5.74) is 1.06. The molecule has 2 rings (SSSR count). The Balaban J connectivity index is 2.39. The highest BCUT2D eigenvalue weighted by atomic mass is 79.9. The molecule has 1 aromatic heterocycles. The Morgan fingerprint density at radius 1 is 1.35 bits per heavy atom. The first-order valence-electron chi connectivity index (χ1n) is 5.37. The Kier molecular flexibility index (Phi) is 3.00. The van der Waals surface area contributed by atoms with Gasteiger partial charge in [0.15, 0.2) is 0 Å². The van der Waals surface area contributed by atoms with Gasteiger partial charge in [-0.15, -0.1) is 0 Å². The molecule has 0 aliphatic rings. The van der Waals surface area contributed by atoms with Gasteiger partial charge in [-0.05, 0) is 54.9 Å². The van der Waals surface area contributed by atoms with Gasteiger partial charge in [0.1, 0.15) is 5.60 Å². The Bertz CT molecular complexity index is 566. The molecule has 0 spiro atoms. The molecule has 0 fully saturated rings.